The molecule has 2 unspecified atom stereocenters. The van der Waals surface area contributed by atoms with E-state index in [1.165, 1.54) is 0 Å². The van der Waals surface area contributed by atoms with Crippen LogP contribution in [0.2, 0.25) is 10.0 Å². The molecule has 2 atom stereocenters. The number of hydrogen-bond donors (Lipinski definition) is 1. The third-order valence-corrected chi connectivity index (χ3v) is 5.80. The van der Waals surface area contributed by atoms with Crippen molar-refractivity contribution in [3.05, 3.63) is 69.7 Å². The largest absolute Gasteiger partial charge is 0.392 e. The number of β-amino-alcohol motifs (C(OH)–C–C–N with tert-alkyl or cyclic N) is 1. The number of aliphatic hydroxyl groups excluding tert-OH is 1. The lowest BCUT2D eigenvalue weighted by atomic mass is 10.0. The molecule has 27 heavy (non-hydrogen) atoms. The monoisotopic (exact) mass is 406 g/mol. The summed E-state index contributed by atoms with van der Waals surface area (Å²) in [4.78, 5) is 17.0. The Balaban J connectivity index is 1.75. The van der Waals surface area contributed by atoms with Gasteiger partial charge in [-0.2, -0.15) is 0 Å². The normalized spacial score (nSPS) is 18.4. The second kappa shape index (κ2) is 9.07. The Kier molecular flexibility index (Phi) is 6.77. The Labute approximate surface area is 170 Å². The summed E-state index contributed by atoms with van der Waals surface area (Å²) in [5.74, 6) is 0.0157. The summed E-state index contributed by atoms with van der Waals surface area (Å²) in [5.41, 5.74) is 1.92. The molecule has 1 amide bonds. The van der Waals surface area contributed by atoms with Gasteiger partial charge in [0.2, 0.25) is 5.91 Å². The maximum absolute atomic E-state index is 12.9. The van der Waals surface area contributed by atoms with E-state index < -0.39 is 0 Å². The number of rotatable bonds is 6. The van der Waals surface area contributed by atoms with Gasteiger partial charge < -0.3 is 10.0 Å². The van der Waals surface area contributed by atoms with Crippen LogP contribution >= 0.6 is 23.2 Å². The average molecular weight is 407 g/mol. The van der Waals surface area contributed by atoms with Crippen LogP contribution in [0.1, 0.15) is 23.6 Å². The molecule has 0 bridgehead atoms. The van der Waals surface area contributed by atoms with E-state index in [4.69, 9.17) is 23.2 Å². The van der Waals surface area contributed by atoms with Crippen molar-refractivity contribution >= 4 is 29.1 Å². The van der Waals surface area contributed by atoms with Crippen molar-refractivity contribution in [2.75, 3.05) is 26.7 Å². The molecular formula is C21H24Cl2N2O2. The molecule has 0 aromatic heterocycles. The molecular weight excluding hydrogens is 383 g/mol. The van der Waals surface area contributed by atoms with Gasteiger partial charge in [0.15, 0.2) is 0 Å². The predicted octanol–water partition coefficient (Wildman–Crippen LogP) is 3.80. The highest BCUT2D eigenvalue weighted by molar-refractivity contribution is 6.42. The zero-order valence-corrected chi connectivity index (χ0v) is 16.8. The Morgan fingerprint density at radius 3 is 2.59 bits per heavy atom. The van der Waals surface area contributed by atoms with Gasteiger partial charge in [-0.3, -0.25) is 9.69 Å². The first-order valence-electron chi connectivity index (χ1n) is 9.09. The molecule has 144 valence electrons. The first-order chi connectivity index (χ1) is 12.9. The lowest BCUT2D eigenvalue weighted by Gasteiger charge is -2.32. The van der Waals surface area contributed by atoms with Gasteiger partial charge in [-0.15, -0.1) is 0 Å². The minimum Gasteiger partial charge on any atom is -0.392 e. The van der Waals surface area contributed by atoms with Gasteiger partial charge in [0.25, 0.3) is 0 Å². The van der Waals surface area contributed by atoms with Crippen molar-refractivity contribution in [2.45, 2.75) is 25.0 Å². The molecule has 1 N–H and O–H groups in total. The SMILES string of the molecule is CN(C(=O)Cc1ccc(Cl)c(Cl)c1)C(CN1CCC(O)C1)c1ccccc1. The van der Waals surface area contributed by atoms with Gasteiger partial charge in [0.05, 0.1) is 28.6 Å². The summed E-state index contributed by atoms with van der Waals surface area (Å²) in [6, 6.07) is 15.2. The standard InChI is InChI=1S/C21H24Cl2N2O2/c1-24(21(27)12-15-7-8-18(22)19(23)11-15)20(16-5-3-2-4-6-16)14-25-10-9-17(26)13-25/h2-8,11,17,20,26H,9-10,12-14H2,1H3. The van der Waals surface area contributed by atoms with Crippen molar-refractivity contribution in [1.29, 1.82) is 0 Å². The summed E-state index contributed by atoms with van der Waals surface area (Å²) in [7, 11) is 1.84. The smallest absolute Gasteiger partial charge is 0.227 e. The molecule has 3 rings (SSSR count). The highest BCUT2D eigenvalue weighted by Gasteiger charge is 2.28. The van der Waals surface area contributed by atoms with Crippen LogP contribution in [0, 0.1) is 0 Å². The van der Waals surface area contributed by atoms with E-state index in [9.17, 15) is 9.90 Å². The number of likely N-dealkylation sites (tertiary alicyclic amines) is 1. The van der Waals surface area contributed by atoms with Crippen LogP contribution in [-0.4, -0.2) is 53.6 Å². The fourth-order valence-corrected chi connectivity index (χ4v) is 3.79. The molecule has 1 saturated heterocycles. The first kappa shape index (κ1) is 20.2. The van der Waals surface area contributed by atoms with E-state index >= 15 is 0 Å². The first-order valence-corrected chi connectivity index (χ1v) is 9.84. The number of halogens is 2. The van der Waals surface area contributed by atoms with Gasteiger partial charge in [-0.1, -0.05) is 59.6 Å². The topological polar surface area (TPSA) is 43.8 Å². The molecule has 4 nitrogen and oxygen atoms in total. The summed E-state index contributed by atoms with van der Waals surface area (Å²) < 4.78 is 0. The minimum atomic E-state index is -0.279. The molecule has 2 aromatic carbocycles. The Hall–Kier alpha value is -1.59. The van der Waals surface area contributed by atoms with E-state index in [0.29, 0.717) is 23.1 Å². The van der Waals surface area contributed by atoms with Crippen LogP contribution in [0.15, 0.2) is 48.5 Å². The van der Waals surface area contributed by atoms with Crippen LogP contribution in [-0.2, 0) is 11.2 Å². The predicted molar refractivity (Wildman–Crippen MR) is 109 cm³/mol. The zero-order chi connectivity index (χ0) is 19.4. The third kappa shape index (κ3) is 5.23. The molecule has 1 fully saturated rings. The number of likely N-dealkylation sites (N-methyl/N-ethyl adjacent to an activating group) is 1. The number of benzene rings is 2. The maximum Gasteiger partial charge on any atom is 0.227 e. The fraction of sp³-hybridized carbons (Fsp3) is 0.381. The quantitative estimate of drug-likeness (QED) is 0.792. The highest BCUT2D eigenvalue weighted by Crippen LogP contribution is 2.26. The fourth-order valence-electron chi connectivity index (χ4n) is 3.47. The van der Waals surface area contributed by atoms with Crippen molar-refractivity contribution < 1.29 is 9.90 Å². The molecule has 0 saturated carbocycles. The highest BCUT2D eigenvalue weighted by atomic mass is 35.5. The van der Waals surface area contributed by atoms with E-state index in [2.05, 4.69) is 4.90 Å². The molecule has 2 aromatic rings. The molecule has 0 radical (unpaired) electrons. The third-order valence-electron chi connectivity index (χ3n) is 5.06. The summed E-state index contributed by atoms with van der Waals surface area (Å²) in [5, 5.41) is 10.8. The summed E-state index contributed by atoms with van der Waals surface area (Å²) >= 11 is 12.0. The lowest BCUT2D eigenvalue weighted by Crippen LogP contribution is -2.39. The summed E-state index contributed by atoms with van der Waals surface area (Å²) in [6.45, 7) is 2.20. The average Bonchev–Trinajstić information content (AvgIpc) is 3.08. The second-order valence-electron chi connectivity index (χ2n) is 7.06. The molecule has 1 heterocycles. The Bertz CT molecular complexity index is 785. The molecule has 6 heteroatoms. The van der Waals surface area contributed by atoms with Crippen molar-refractivity contribution in [2.24, 2.45) is 0 Å². The van der Waals surface area contributed by atoms with Crippen LogP contribution < -0.4 is 0 Å². The molecule has 0 spiro atoms. The van der Waals surface area contributed by atoms with Crippen LogP contribution in [0.5, 0.6) is 0 Å². The van der Waals surface area contributed by atoms with E-state index in [1.54, 1.807) is 17.0 Å². The van der Waals surface area contributed by atoms with Crippen molar-refractivity contribution in [1.82, 2.24) is 9.80 Å². The van der Waals surface area contributed by atoms with Crippen LogP contribution in [0.3, 0.4) is 0 Å². The number of aliphatic hydroxyl groups is 1. The van der Waals surface area contributed by atoms with Gasteiger partial charge >= 0.3 is 0 Å². The minimum absolute atomic E-state index is 0.0157. The number of hydrogen-bond acceptors (Lipinski definition) is 3. The number of carbonyl (C=O) groups is 1. The Morgan fingerprint density at radius 1 is 1.22 bits per heavy atom. The molecule has 1 aliphatic rings. The van der Waals surface area contributed by atoms with Gasteiger partial charge in [-0.05, 0) is 29.7 Å². The van der Waals surface area contributed by atoms with Crippen LogP contribution in [0.4, 0.5) is 0 Å². The zero-order valence-electron chi connectivity index (χ0n) is 15.3. The van der Waals surface area contributed by atoms with Gasteiger partial charge in [-0.25, -0.2) is 0 Å². The van der Waals surface area contributed by atoms with Gasteiger partial charge in [0.1, 0.15) is 0 Å². The van der Waals surface area contributed by atoms with Crippen LogP contribution in [0.25, 0.3) is 0 Å². The molecule has 1 aliphatic heterocycles. The lowest BCUT2D eigenvalue weighted by molar-refractivity contribution is -0.131. The maximum atomic E-state index is 12.9. The number of carbonyl (C=O) groups excluding carboxylic acids is 1. The number of amides is 1. The van der Waals surface area contributed by atoms with E-state index in [-0.39, 0.29) is 24.5 Å². The van der Waals surface area contributed by atoms with E-state index in [0.717, 1.165) is 24.1 Å². The number of nitrogens with zero attached hydrogens (tertiary/aromatic N) is 2. The van der Waals surface area contributed by atoms with E-state index in [1.807, 2.05) is 43.4 Å². The second-order valence-corrected chi connectivity index (χ2v) is 7.87. The van der Waals surface area contributed by atoms with Gasteiger partial charge in [0, 0.05) is 26.7 Å². The summed E-state index contributed by atoms with van der Waals surface area (Å²) in [6.07, 6.45) is 0.764. The molecule has 0 aliphatic carbocycles. The Morgan fingerprint density at radius 2 is 1.96 bits per heavy atom. The van der Waals surface area contributed by atoms with Crippen molar-refractivity contribution in [3.8, 4) is 0 Å². The van der Waals surface area contributed by atoms with Crippen molar-refractivity contribution in [3.63, 3.8) is 0 Å².